The third-order valence-corrected chi connectivity index (χ3v) is 4.05. The smallest absolute Gasteiger partial charge is 0.344 e. The number of halogens is 1. The van der Waals surface area contributed by atoms with Crippen molar-refractivity contribution in [1.82, 2.24) is 5.43 Å². The Morgan fingerprint density at radius 3 is 2.57 bits per heavy atom. The van der Waals surface area contributed by atoms with Gasteiger partial charge in [0.25, 0.3) is 0 Å². The van der Waals surface area contributed by atoms with E-state index in [0.29, 0.717) is 23.7 Å². The van der Waals surface area contributed by atoms with E-state index in [2.05, 4.69) is 26.5 Å². The molecule has 0 aliphatic rings. The highest BCUT2D eigenvalue weighted by molar-refractivity contribution is 9.10. The topological polar surface area (TPSA) is 86.2 Å². The molecular formula is C20H21BrN2O5. The fourth-order valence-corrected chi connectivity index (χ4v) is 2.49. The molecule has 1 amide bonds. The van der Waals surface area contributed by atoms with Crippen LogP contribution in [0.3, 0.4) is 0 Å². The van der Waals surface area contributed by atoms with Crippen molar-refractivity contribution in [1.29, 1.82) is 0 Å². The highest BCUT2D eigenvalue weighted by atomic mass is 79.9. The van der Waals surface area contributed by atoms with Gasteiger partial charge in [0, 0.05) is 4.47 Å². The maximum Gasteiger partial charge on any atom is 0.344 e. The summed E-state index contributed by atoms with van der Waals surface area (Å²) in [5.41, 5.74) is 4.07. The number of methoxy groups -OCH3 is 1. The maximum atomic E-state index is 11.9. The Bertz CT molecular complexity index is 837. The minimum atomic E-state index is -0.455. The van der Waals surface area contributed by atoms with Crippen molar-refractivity contribution in [2.45, 2.75) is 13.3 Å². The number of amides is 1. The summed E-state index contributed by atoms with van der Waals surface area (Å²) >= 11 is 3.35. The van der Waals surface area contributed by atoms with Crippen molar-refractivity contribution in [3.05, 3.63) is 58.1 Å². The predicted octanol–water partition coefficient (Wildman–Crippen LogP) is 3.09. The second-order valence-corrected chi connectivity index (χ2v) is 6.52. The fourth-order valence-electron chi connectivity index (χ4n) is 2.23. The molecule has 0 saturated heterocycles. The summed E-state index contributed by atoms with van der Waals surface area (Å²) in [5, 5.41) is 3.95. The molecule has 0 radical (unpaired) electrons. The standard InChI is InChI=1S/C20H21BrN2O5/c1-3-27-20(25)13-28-17-9-6-15(10-18(17)26-2)12-22-23-19(24)11-14-4-7-16(21)8-5-14/h4-10,12H,3,11,13H2,1-2H3,(H,23,24)/b22-12+. The molecule has 28 heavy (non-hydrogen) atoms. The monoisotopic (exact) mass is 448 g/mol. The molecule has 0 aliphatic carbocycles. The number of benzene rings is 2. The molecule has 0 atom stereocenters. The van der Waals surface area contributed by atoms with Crippen LogP contribution in [0.15, 0.2) is 52.0 Å². The zero-order valence-corrected chi connectivity index (χ0v) is 17.2. The molecular weight excluding hydrogens is 428 g/mol. The third-order valence-electron chi connectivity index (χ3n) is 3.52. The summed E-state index contributed by atoms with van der Waals surface area (Å²) in [5.74, 6) is 0.171. The number of carbonyl (C=O) groups excluding carboxylic acids is 2. The van der Waals surface area contributed by atoms with E-state index >= 15 is 0 Å². The molecule has 2 aromatic carbocycles. The lowest BCUT2D eigenvalue weighted by Crippen LogP contribution is -2.19. The van der Waals surface area contributed by atoms with Gasteiger partial charge in [-0.15, -0.1) is 0 Å². The first-order valence-corrected chi connectivity index (χ1v) is 9.34. The molecule has 2 rings (SSSR count). The average Bonchev–Trinajstić information content (AvgIpc) is 2.68. The van der Waals surface area contributed by atoms with Gasteiger partial charge < -0.3 is 14.2 Å². The normalized spacial score (nSPS) is 10.5. The van der Waals surface area contributed by atoms with Crippen LogP contribution >= 0.6 is 15.9 Å². The lowest BCUT2D eigenvalue weighted by atomic mass is 10.1. The lowest BCUT2D eigenvalue weighted by molar-refractivity contribution is -0.145. The van der Waals surface area contributed by atoms with Crippen LogP contribution in [0.5, 0.6) is 11.5 Å². The largest absolute Gasteiger partial charge is 0.493 e. The Labute approximate surface area is 171 Å². The second kappa shape index (κ2) is 11.1. The molecule has 0 unspecified atom stereocenters. The predicted molar refractivity (Wildman–Crippen MR) is 109 cm³/mol. The van der Waals surface area contributed by atoms with Gasteiger partial charge in [-0.3, -0.25) is 4.79 Å². The van der Waals surface area contributed by atoms with E-state index in [1.807, 2.05) is 24.3 Å². The van der Waals surface area contributed by atoms with Gasteiger partial charge in [0.15, 0.2) is 18.1 Å². The van der Waals surface area contributed by atoms with Crippen LogP contribution in [0.1, 0.15) is 18.1 Å². The number of nitrogens with zero attached hydrogens (tertiary/aromatic N) is 1. The van der Waals surface area contributed by atoms with Crippen LogP contribution in [0.2, 0.25) is 0 Å². The van der Waals surface area contributed by atoms with Gasteiger partial charge >= 0.3 is 5.97 Å². The maximum absolute atomic E-state index is 11.9. The van der Waals surface area contributed by atoms with Crippen LogP contribution in [0.25, 0.3) is 0 Å². The van der Waals surface area contributed by atoms with Crippen molar-refractivity contribution in [3.63, 3.8) is 0 Å². The molecule has 7 nitrogen and oxygen atoms in total. The van der Waals surface area contributed by atoms with Crippen LogP contribution < -0.4 is 14.9 Å². The Morgan fingerprint density at radius 1 is 1.14 bits per heavy atom. The highest BCUT2D eigenvalue weighted by Crippen LogP contribution is 2.27. The zero-order valence-electron chi connectivity index (χ0n) is 15.6. The van der Waals surface area contributed by atoms with Gasteiger partial charge in [-0.25, -0.2) is 10.2 Å². The van der Waals surface area contributed by atoms with E-state index in [1.165, 1.54) is 13.3 Å². The van der Waals surface area contributed by atoms with Gasteiger partial charge in [0.1, 0.15) is 0 Å². The summed E-state index contributed by atoms with van der Waals surface area (Å²) in [6, 6.07) is 12.6. The SMILES string of the molecule is CCOC(=O)COc1ccc(/C=N/NC(=O)Cc2ccc(Br)cc2)cc1OC. The highest BCUT2D eigenvalue weighted by Gasteiger charge is 2.09. The first-order valence-electron chi connectivity index (χ1n) is 8.54. The van der Waals surface area contributed by atoms with Gasteiger partial charge in [-0.1, -0.05) is 28.1 Å². The van der Waals surface area contributed by atoms with Crippen LogP contribution in [0.4, 0.5) is 0 Å². The molecule has 2 aromatic rings. The van der Waals surface area contributed by atoms with Crippen molar-refractivity contribution >= 4 is 34.0 Å². The average molecular weight is 449 g/mol. The quantitative estimate of drug-likeness (QED) is 0.361. The van der Waals surface area contributed by atoms with E-state index in [4.69, 9.17) is 14.2 Å². The first-order chi connectivity index (χ1) is 13.5. The summed E-state index contributed by atoms with van der Waals surface area (Å²) in [4.78, 5) is 23.3. The molecule has 0 bridgehead atoms. The number of hydrazone groups is 1. The number of hydrogen-bond acceptors (Lipinski definition) is 6. The molecule has 8 heteroatoms. The fraction of sp³-hybridized carbons (Fsp3) is 0.250. The minimum Gasteiger partial charge on any atom is -0.493 e. The van der Waals surface area contributed by atoms with Gasteiger partial charge in [0.05, 0.1) is 26.4 Å². The van der Waals surface area contributed by atoms with Gasteiger partial charge in [-0.2, -0.15) is 5.10 Å². The van der Waals surface area contributed by atoms with Crippen LogP contribution in [-0.2, 0) is 20.7 Å². The molecule has 0 saturated carbocycles. The minimum absolute atomic E-state index is 0.205. The van der Waals surface area contributed by atoms with E-state index < -0.39 is 5.97 Å². The van der Waals surface area contributed by atoms with Gasteiger partial charge in [-0.05, 0) is 48.4 Å². The summed E-state index contributed by atoms with van der Waals surface area (Å²) < 4.78 is 16.4. The summed E-state index contributed by atoms with van der Waals surface area (Å²) in [6.45, 7) is 1.82. The Morgan fingerprint density at radius 2 is 1.89 bits per heavy atom. The van der Waals surface area contributed by atoms with Crippen molar-refractivity contribution in [2.75, 3.05) is 20.3 Å². The van der Waals surface area contributed by atoms with Gasteiger partial charge in [0.2, 0.25) is 5.91 Å². The number of nitrogens with one attached hydrogen (secondary N) is 1. The second-order valence-electron chi connectivity index (χ2n) is 5.60. The first kappa shape index (κ1) is 21.4. The summed E-state index contributed by atoms with van der Waals surface area (Å²) in [6.07, 6.45) is 1.73. The van der Waals surface area contributed by atoms with E-state index in [0.717, 1.165) is 10.0 Å². The van der Waals surface area contributed by atoms with E-state index in [9.17, 15) is 9.59 Å². The lowest BCUT2D eigenvalue weighted by Gasteiger charge is -2.10. The molecule has 1 N–H and O–H groups in total. The summed E-state index contributed by atoms with van der Waals surface area (Å²) in [7, 11) is 1.49. The van der Waals surface area contributed by atoms with E-state index in [1.54, 1.807) is 25.1 Å². The van der Waals surface area contributed by atoms with Crippen molar-refractivity contribution < 1.29 is 23.8 Å². The number of carbonyl (C=O) groups is 2. The molecule has 0 fully saturated rings. The molecule has 148 valence electrons. The Hall–Kier alpha value is -2.87. The molecule has 0 aliphatic heterocycles. The molecule has 0 heterocycles. The Balaban J connectivity index is 1.91. The molecule has 0 spiro atoms. The zero-order chi connectivity index (χ0) is 20.4. The van der Waals surface area contributed by atoms with Crippen molar-refractivity contribution in [3.8, 4) is 11.5 Å². The number of ether oxygens (including phenoxy) is 3. The number of rotatable bonds is 9. The van der Waals surface area contributed by atoms with Crippen LogP contribution in [-0.4, -0.2) is 38.4 Å². The van der Waals surface area contributed by atoms with Crippen molar-refractivity contribution in [2.24, 2.45) is 5.10 Å². The number of esters is 1. The van der Waals surface area contributed by atoms with Crippen LogP contribution in [0, 0.1) is 0 Å². The third kappa shape index (κ3) is 7.03. The van der Waals surface area contributed by atoms with E-state index in [-0.39, 0.29) is 18.9 Å². The molecule has 0 aromatic heterocycles. The number of hydrogen-bond donors (Lipinski definition) is 1. The Kier molecular flexibility index (Phi) is 8.48.